The minimum atomic E-state index is -0.661. The van der Waals surface area contributed by atoms with Gasteiger partial charge in [0.05, 0.1) is 25.6 Å². The van der Waals surface area contributed by atoms with Gasteiger partial charge in [0.15, 0.2) is 0 Å². The van der Waals surface area contributed by atoms with Crippen molar-refractivity contribution in [2.75, 3.05) is 26.2 Å². The summed E-state index contributed by atoms with van der Waals surface area (Å²) in [5.74, 6) is -0.887. The molecule has 2 heterocycles. The predicted octanol–water partition coefficient (Wildman–Crippen LogP) is 1.33. The van der Waals surface area contributed by atoms with Crippen molar-refractivity contribution in [3.63, 3.8) is 0 Å². The standard InChI is InChI=1S/C16H19ClFN3O3/c17-12-3-1-4-13(18)11(12)10-20-7-5-19-16(23)14(20)9-15(22)21-6-2-8-24-21/h1,3-4,14H,2,5-10H2,(H,19,23)/t14-/m0/s1. The van der Waals surface area contributed by atoms with Gasteiger partial charge in [0, 0.05) is 30.2 Å². The van der Waals surface area contributed by atoms with Crippen LogP contribution >= 0.6 is 11.6 Å². The van der Waals surface area contributed by atoms with Crippen molar-refractivity contribution < 1.29 is 18.8 Å². The highest BCUT2D eigenvalue weighted by Crippen LogP contribution is 2.23. The number of carbonyl (C=O) groups excluding carboxylic acids is 2. The minimum absolute atomic E-state index is 0.00208. The monoisotopic (exact) mass is 355 g/mol. The summed E-state index contributed by atoms with van der Waals surface area (Å²) in [6.07, 6.45) is 0.787. The summed E-state index contributed by atoms with van der Waals surface area (Å²) in [6.45, 7) is 2.20. The van der Waals surface area contributed by atoms with Crippen molar-refractivity contribution >= 4 is 23.4 Å². The first kappa shape index (κ1) is 17.1. The van der Waals surface area contributed by atoms with Crippen molar-refractivity contribution in [1.82, 2.24) is 15.3 Å². The SMILES string of the molecule is O=C1NCCN(Cc2c(F)cccc2Cl)[C@H]1CC(=O)N1CCCO1. The second kappa shape index (κ2) is 7.46. The topological polar surface area (TPSA) is 61.9 Å². The number of hydrogen-bond donors (Lipinski definition) is 1. The molecule has 1 aromatic rings. The van der Waals surface area contributed by atoms with Crippen LogP contribution in [0.3, 0.4) is 0 Å². The number of amides is 2. The fourth-order valence-corrected chi connectivity index (χ4v) is 3.19. The van der Waals surface area contributed by atoms with Gasteiger partial charge in [-0.3, -0.25) is 19.3 Å². The summed E-state index contributed by atoms with van der Waals surface area (Å²) >= 11 is 6.08. The Labute approximate surface area is 144 Å². The van der Waals surface area contributed by atoms with Crippen LogP contribution in [0.1, 0.15) is 18.4 Å². The summed E-state index contributed by atoms with van der Waals surface area (Å²) in [7, 11) is 0. The first-order chi connectivity index (χ1) is 11.6. The number of nitrogens with one attached hydrogen (secondary N) is 1. The van der Waals surface area contributed by atoms with Crippen molar-refractivity contribution in [3.8, 4) is 0 Å². The molecule has 0 radical (unpaired) electrons. The average molecular weight is 356 g/mol. The van der Waals surface area contributed by atoms with Crippen LogP contribution in [0, 0.1) is 5.82 Å². The van der Waals surface area contributed by atoms with E-state index in [2.05, 4.69) is 5.32 Å². The molecule has 2 aliphatic heterocycles. The molecule has 0 bridgehead atoms. The number of piperazine rings is 1. The normalized spacial score (nSPS) is 21.8. The first-order valence-electron chi connectivity index (χ1n) is 7.94. The predicted molar refractivity (Wildman–Crippen MR) is 85.5 cm³/mol. The summed E-state index contributed by atoms with van der Waals surface area (Å²) in [4.78, 5) is 31.5. The summed E-state index contributed by atoms with van der Waals surface area (Å²) in [6, 6.07) is 3.83. The zero-order valence-electron chi connectivity index (χ0n) is 13.1. The molecule has 0 spiro atoms. The van der Waals surface area contributed by atoms with Crippen LogP contribution in [0.4, 0.5) is 4.39 Å². The maximum absolute atomic E-state index is 14.0. The van der Waals surface area contributed by atoms with Gasteiger partial charge >= 0.3 is 0 Å². The molecule has 6 nitrogen and oxygen atoms in total. The quantitative estimate of drug-likeness (QED) is 0.885. The van der Waals surface area contributed by atoms with E-state index in [0.29, 0.717) is 36.8 Å². The van der Waals surface area contributed by atoms with Crippen LogP contribution in [0.25, 0.3) is 0 Å². The Hall–Kier alpha value is -1.70. The second-order valence-corrected chi connectivity index (χ2v) is 6.27. The van der Waals surface area contributed by atoms with E-state index in [1.807, 2.05) is 0 Å². The van der Waals surface area contributed by atoms with Crippen LogP contribution in [0.15, 0.2) is 18.2 Å². The van der Waals surface area contributed by atoms with Gasteiger partial charge < -0.3 is 5.32 Å². The van der Waals surface area contributed by atoms with E-state index in [1.54, 1.807) is 11.0 Å². The van der Waals surface area contributed by atoms with E-state index in [4.69, 9.17) is 16.4 Å². The smallest absolute Gasteiger partial charge is 0.248 e. The molecule has 2 saturated heterocycles. The van der Waals surface area contributed by atoms with Gasteiger partial charge in [-0.25, -0.2) is 9.45 Å². The molecule has 0 aliphatic carbocycles. The maximum atomic E-state index is 14.0. The lowest BCUT2D eigenvalue weighted by molar-refractivity contribution is -0.171. The molecule has 2 aliphatic rings. The number of halogens is 2. The van der Waals surface area contributed by atoms with E-state index in [9.17, 15) is 14.0 Å². The zero-order chi connectivity index (χ0) is 17.1. The van der Waals surface area contributed by atoms with E-state index in [1.165, 1.54) is 17.2 Å². The number of carbonyl (C=O) groups is 2. The molecule has 130 valence electrons. The van der Waals surface area contributed by atoms with Gasteiger partial charge in [-0.1, -0.05) is 17.7 Å². The highest BCUT2D eigenvalue weighted by atomic mass is 35.5. The summed E-state index contributed by atoms with van der Waals surface area (Å²) in [5, 5.41) is 4.37. The van der Waals surface area contributed by atoms with Crippen molar-refractivity contribution in [2.45, 2.75) is 25.4 Å². The average Bonchev–Trinajstić information content (AvgIpc) is 3.08. The Morgan fingerprint density at radius 1 is 1.42 bits per heavy atom. The molecule has 2 fully saturated rings. The fourth-order valence-electron chi connectivity index (χ4n) is 2.97. The van der Waals surface area contributed by atoms with Crippen molar-refractivity contribution in [1.29, 1.82) is 0 Å². The highest BCUT2D eigenvalue weighted by Gasteiger charge is 2.34. The van der Waals surface area contributed by atoms with Gasteiger partial charge in [0.1, 0.15) is 5.82 Å². The van der Waals surface area contributed by atoms with Crippen molar-refractivity contribution in [2.24, 2.45) is 0 Å². The summed E-state index contributed by atoms with van der Waals surface area (Å²) < 4.78 is 14.0. The van der Waals surface area contributed by atoms with E-state index in [0.717, 1.165) is 6.42 Å². The summed E-state index contributed by atoms with van der Waals surface area (Å²) in [5.41, 5.74) is 0.337. The van der Waals surface area contributed by atoms with Gasteiger partial charge in [-0.2, -0.15) is 0 Å². The Morgan fingerprint density at radius 3 is 2.96 bits per heavy atom. The Bertz CT molecular complexity index is 617. The number of rotatable bonds is 4. The minimum Gasteiger partial charge on any atom is -0.353 e. The lowest BCUT2D eigenvalue weighted by Gasteiger charge is -2.35. The molecule has 2 amide bonds. The largest absolute Gasteiger partial charge is 0.353 e. The molecule has 0 aromatic heterocycles. The van der Waals surface area contributed by atoms with Gasteiger partial charge in [-0.15, -0.1) is 0 Å². The van der Waals surface area contributed by atoms with Gasteiger partial charge in [0.25, 0.3) is 0 Å². The highest BCUT2D eigenvalue weighted by molar-refractivity contribution is 6.31. The molecule has 8 heteroatoms. The van der Waals surface area contributed by atoms with Crippen LogP contribution in [0.5, 0.6) is 0 Å². The third-order valence-electron chi connectivity index (χ3n) is 4.26. The van der Waals surface area contributed by atoms with E-state index >= 15 is 0 Å². The molecule has 1 aromatic carbocycles. The lowest BCUT2D eigenvalue weighted by Crippen LogP contribution is -2.56. The zero-order valence-corrected chi connectivity index (χ0v) is 13.9. The van der Waals surface area contributed by atoms with Crippen LogP contribution < -0.4 is 5.32 Å². The maximum Gasteiger partial charge on any atom is 0.248 e. The molecular formula is C16H19ClFN3O3. The van der Waals surface area contributed by atoms with E-state index < -0.39 is 11.9 Å². The molecular weight excluding hydrogens is 337 g/mol. The molecule has 1 N–H and O–H groups in total. The van der Waals surface area contributed by atoms with Crippen LogP contribution in [-0.4, -0.2) is 54.1 Å². The molecule has 3 rings (SSSR count). The van der Waals surface area contributed by atoms with E-state index in [-0.39, 0.29) is 24.8 Å². The number of nitrogens with zero attached hydrogens (tertiary/aromatic N) is 2. The van der Waals surface area contributed by atoms with Crippen molar-refractivity contribution in [3.05, 3.63) is 34.6 Å². The Balaban J connectivity index is 1.74. The van der Waals surface area contributed by atoms with Gasteiger partial charge in [-0.05, 0) is 18.6 Å². The lowest BCUT2D eigenvalue weighted by atomic mass is 10.1. The third kappa shape index (κ3) is 3.68. The number of hydroxylamine groups is 2. The second-order valence-electron chi connectivity index (χ2n) is 5.86. The molecule has 1 atom stereocenters. The Morgan fingerprint density at radius 2 is 2.25 bits per heavy atom. The third-order valence-corrected chi connectivity index (χ3v) is 4.62. The van der Waals surface area contributed by atoms with Crippen LogP contribution in [0.2, 0.25) is 5.02 Å². The fraction of sp³-hybridized carbons (Fsp3) is 0.500. The Kier molecular flexibility index (Phi) is 5.33. The molecule has 0 saturated carbocycles. The molecule has 0 unspecified atom stereocenters. The number of hydrogen-bond acceptors (Lipinski definition) is 4. The van der Waals surface area contributed by atoms with Crippen LogP contribution in [-0.2, 0) is 21.0 Å². The number of benzene rings is 1. The van der Waals surface area contributed by atoms with Gasteiger partial charge in [0.2, 0.25) is 11.8 Å². The molecule has 24 heavy (non-hydrogen) atoms. The first-order valence-corrected chi connectivity index (χ1v) is 8.32.